The first-order chi connectivity index (χ1) is 12.7. The van der Waals surface area contributed by atoms with E-state index in [0.717, 1.165) is 35.3 Å². The Balaban J connectivity index is 1.67. The number of hydrogen-bond donors (Lipinski definition) is 1. The van der Waals surface area contributed by atoms with E-state index in [1.54, 1.807) is 0 Å². The third kappa shape index (κ3) is 3.21. The van der Waals surface area contributed by atoms with Crippen molar-refractivity contribution >= 4 is 11.6 Å². The van der Waals surface area contributed by atoms with Crippen LogP contribution in [0, 0.1) is 0 Å². The number of rotatable bonds is 3. The number of carbonyl (C=O) groups excluding carboxylic acids is 1. The fraction of sp³-hybridized carbons (Fsp3) is 0.174. The lowest BCUT2D eigenvalue weighted by Gasteiger charge is -2.32. The lowest BCUT2D eigenvalue weighted by atomic mass is 9.89. The monoisotopic (exact) mass is 342 g/mol. The number of amides is 1. The van der Waals surface area contributed by atoms with Gasteiger partial charge in [0, 0.05) is 18.8 Å². The van der Waals surface area contributed by atoms with Crippen LogP contribution in [0.1, 0.15) is 28.2 Å². The Morgan fingerprint density at radius 1 is 0.846 bits per heavy atom. The molecule has 0 saturated carbocycles. The van der Waals surface area contributed by atoms with E-state index in [9.17, 15) is 4.79 Å². The van der Waals surface area contributed by atoms with Gasteiger partial charge in [0.1, 0.15) is 0 Å². The molecule has 0 aliphatic carbocycles. The Morgan fingerprint density at radius 3 is 2.08 bits per heavy atom. The molecule has 1 aliphatic rings. The van der Waals surface area contributed by atoms with Gasteiger partial charge in [-0.3, -0.25) is 4.79 Å². The van der Waals surface area contributed by atoms with Crippen molar-refractivity contribution in [3.63, 3.8) is 0 Å². The van der Waals surface area contributed by atoms with Gasteiger partial charge in [0.05, 0.1) is 5.92 Å². The molecule has 3 nitrogen and oxygen atoms in total. The van der Waals surface area contributed by atoms with Crippen LogP contribution in [-0.4, -0.2) is 17.4 Å². The molecule has 1 amide bonds. The number of carbonyl (C=O) groups is 1. The maximum atomic E-state index is 13.5. The molecule has 130 valence electrons. The van der Waals surface area contributed by atoms with E-state index in [4.69, 9.17) is 5.73 Å². The zero-order valence-corrected chi connectivity index (χ0v) is 14.6. The first-order valence-electron chi connectivity index (χ1n) is 8.98. The molecule has 1 aliphatic heterocycles. The predicted molar refractivity (Wildman–Crippen MR) is 105 cm³/mol. The number of anilines is 1. The summed E-state index contributed by atoms with van der Waals surface area (Å²) in [4.78, 5) is 15.5. The van der Waals surface area contributed by atoms with E-state index in [-0.39, 0.29) is 11.8 Å². The molecule has 3 heteroatoms. The van der Waals surface area contributed by atoms with Gasteiger partial charge in [-0.15, -0.1) is 0 Å². The molecular formula is C23H22N2O. The molecule has 0 fully saturated rings. The summed E-state index contributed by atoms with van der Waals surface area (Å²) in [5, 5.41) is 0. The zero-order chi connectivity index (χ0) is 17.9. The molecule has 26 heavy (non-hydrogen) atoms. The molecular weight excluding hydrogens is 320 g/mol. The van der Waals surface area contributed by atoms with Crippen molar-refractivity contribution in [3.8, 4) is 0 Å². The number of nitrogens with two attached hydrogens (primary N) is 1. The van der Waals surface area contributed by atoms with E-state index >= 15 is 0 Å². The van der Waals surface area contributed by atoms with Gasteiger partial charge in [-0.2, -0.15) is 0 Å². The van der Waals surface area contributed by atoms with E-state index < -0.39 is 0 Å². The highest BCUT2D eigenvalue weighted by atomic mass is 16.2. The molecule has 2 N–H and O–H groups in total. The Bertz CT molecular complexity index is 867. The topological polar surface area (TPSA) is 46.3 Å². The van der Waals surface area contributed by atoms with Gasteiger partial charge in [-0.25, -0.2) is 0 Å². The van der Waals surface area contributed by atoms with Crippen LogP contribution in [0.25, 0.3) is 0 Å². The summed E-state index contributed by atoms with van der Waals surface area (Å²) < 4.78 is 0. The minimum Gasteiger partial charge on any atom is -0.399 e. The molecule has 1 heterocycles. The van der Waals surface area contributed by atoms with Gasteiger partial charge < -0.3 is 10.6 Å². The normalized spacial score (nSPS) is 13.5. The lowest BCUT2D eigenvalue weighted by molar-refractivity contribution is -0.132. The molecule has 0 atom stereocenters. The van der Waals surface area contributed by atoms with Gasteiger partial charge in [-0.05, 0) is 40.8 Å². The van der Waals surface area contributed by atoms with Crippen LogP contribution in [0.5, 0.6) is 0 Å². The SMILES string of the molecule is Nc1ccc2c(c1)CN(C(=O)C(c1ccccc1)c1ccccc1)CC2. The molecule has 0 saturated heterocycles. The van der Waals surface area contributed by atoms with Crippen LogP contribution in [0.3, 0.4) is 0 Å². The van der Waals surface area contributed by atoms with Crippen LogP contribution in [0.15, 0.2) is 78.9 Å². The maximum Gasteiger partial charge on any atom is 0.234 e. The second kappa shape index (κ2) is 7.04. The smallest absolute Gasteiger partial charge is 0.234 e. The molecule has 0 aromatic heterocycles. The van der Waals surface area contributed by atoms with E-state index in [1.165, 1.54) is 5.56 Å². The number of nitrogen functional groups attached to an aromatic ring is 1. The van der Waals surface area contributed by atoms with Crippen molar-refractivity contribution in [2.24, 2.45) is 0 Å². The van der Waals surface area contributed by atoms with Gasteiger partial charge in [0.15, 0.2) is 0 Å². The van der Waals surface area contributed by atoms with E-state index in [1.807, 2.05) is 77.7 Å². The standard InChI is InChI=1S/C23H22N2O/c24-21-12-11-17-13-14-25(16-20(17)15-21)23(26)22(18-7-3-1-4-8-18)19-9-5-2-6-10-19/h1-12,15,22H,13-14,16,24H2. The Morgan fingerprint density at radius 2 is 1.46 bits per heavy atom. The third-order valence-electron chi connectivity index (χ3n) is 5.07. The molecule has 0 spiro atoms. The zero-order valence-electron chi connectivity index (χ0n) is 14.6. The number of fused-ring (bicyclic) bond motifs is 1. The van der Waals surface area contributed by atoms with Crippen LogP contribution >= 0.6 is 0 Å². The first-order valence-corrected chi connectivity index (χ1v) is 8.98. The fourth-order valence-corrected chi connectivity index (χ4v) is 3.72. The Kier molecular flexibility index (Phi) is 4.44. The van der Waals surface area contributed by atoms with Crippen LogP contribution < -0.4 is 5.73 Å². The average Bonchev–Trinajstić information content (AvgIpc) is 2.69. The van der Waals surface area contributed by atoms with E-state index in [0.29, 0.717) is 6.54 Å². The molecule has 0 radical (unpaired) electrons. The summed E-state index contributed by atoms with van der Waals surface area (Å²) in [7, 11) is 0. The molecule has 0 unspecified atom stereocenters. The van der Waals surface area contributed by atoms with Crippen LogP contribution in [0.4, 0.5) is 5.69 Å². The quantitative estimate of drug-likeness (QED) is 0.732. The largest absolute Gasteiger partial charge is 0.399 e. The Labute approximate surface area is 154 Å². The first kappa shape index (κ1) is 16.4. The molecule has 4 rings (SSSR count). The summed E-state index contributed by atoms with van der Waals surface area (Å²) in [6, 6.07) is 26.1. The van der Waals surface area contributed by atoms with Crippen molar-refractivity contribution in [2.75, 3.05) is 12.3 Å². The minimum absolute atomic E-state index is 0.149. The van der Waals surface area contributed by atoms with Crippen molar-refractivity contribution in [3.05, 3.63) is 101 Å². The third-order valence-corrected chi connectivity index (χ3v) is 5.07. The summed E-state index contributed by atoms with van der Waals surface area (Å²) in [6.45, 7) is 1.36. The average molecular weight is 342 g/mol. The van der Waals surface area contributed by atoms with Crippen molar-refractivity contribution in [1.82, 2.24) is 4.90 Å². The van der Waals surface area contributed by atoms with Crippen molar-refractivity contribution in [2.45, 2.75) is 18.9 Å². The summed E-state index contributed by atoms with van der Waals surface area (Å²) in [5.74, 6) is -0.129. The number of nitrogens with zero attached hydrogens (tertiary/aromatic N) is 1. The lowest BCUT2D eigenvalue weighted by Crippen LogP contribution is -2.39. The van der Waals surface area contributed by atoms with Gasteiger partial charge >= 0.3 is 0 Å². The van der Waals surface area contributed by atoms with Crippen LogP contribution in [-0.2, 0) is 17.8 Å². The van der Waals surface area contributed by atoms with Gasteiger partial charge in [0.2, 0.25) is 5.91 Å². The van der Waals surface area contributed by atoms with Crippen LogP contribution in [0.2, 0.25) is 0 Å². The summed E-state index contributed by atoms with van der Waals surface area (Å²) in [5.41, 5.74) is 11.2. The second-order valence-electron chi connectivity index (χ2n) is 6.79. The highest BCUT2D eigenvalue weighted by molar-refractivity contribution is 5.87. The Hall–Kier alpha value is -3.07. The second-order valence-corrected chi connectivity index (χ2v) is 6.79. The van der Waals surface area contributed by atoms with Gasteiger partial charge in [0.25, 0.3) is 0 Å². The summed E-state index contributed by atoms with van der Waals surface area (Å²) in [6.07, 6.45) is 0.873. The number of hydrogen-bond acceptors (Lipinski definition) is 2. The molecule has 3 aromatic rings. The van der Waals surface area contributed by atoms with Crippen molar-refractivity contribution < 1.29 is 4.79 Å². The number of benzene rings is 3. The predicted octanol–water partition coefficient (Wildman–Crippen LogP) is 3.99. The van der Waals surface area contributed by atoms with Crippen molar-refractivity contribution in [1.29, 1.82) is 0 Å². The highest BCUT2D eigenvalue weighted by Crippen LogP contribution is 2.30. The summed E-state index contributed by atoms with van der Waals surface area (Å²) >= 11 is 0. The molecule has 3 aromatic carbocycles. The fourth-order valence-electron chi connectivity index (χ4n) is 3.72. The van der Waals surface area contributed by atoms with E-state index in [2.05, 4.69) is 6.07 Å². The maximum absolute atomic E-state index is 13.5. The highest BCUT2D eigenvalue weighted by Gasteiger charge is 2.29. The minimum atomic E-state index is -0.278. The van der Waals surface area contributed by atoms with Gasteiger partial charge in [-0.1, -0.05) is 66.7 Å². The molecule has 0 bridgehead atoms.